The molecule has 36 nitrogen and oxygen atoms in total. The summed E-state index contributed by atoms with van der Waals surface area (Å²) in [5, 5.41) is 12.2. The van der Waals surface area contributed by atoms with Crippen LogP contribution in [-0.4, -0.2) is 207 Å². The van der Waals surface area contributed by atoms with Crippen LogP contribution < -0.4 is 0 Å². The summed E-state index contributed by atoms with van der Waals surface area (Å²) < 4.78 is 223. The maximum absolute atomic E-state index is 12.4. The second kappa shape index (κ2) is 39.6. The smallest absolute Gasteiger partial charge is 0.217 e. The van der Waals surface area contributed by atoms with E-state index < -0.39 is 228 Å². The molecule has 3 aromatic rings. The Hall–Kier alpha value is -5.84. The molecule has 39 heteroatoms. The lowest BCUT2D eigenvalue weighted by Crippen LogP contribution is -2.64. The second-order valence-electron chi connectivity index (χ2n) is 27.9. The fourth-order valence-electron chi connectivity index (χ4n) is 14.6. The largest absolute Gasteiger partial charge is 0.726 e. The number of ether oxygens (including phenoxy) is 15. The summed E-state index contributed by atoms with van der Waals surface area (Å²) >= 11 is 0. The number of rotatable bonds is 35. The lowest BCUT2D eigenvalue weighted by Gasteiger charge is -2.52. The first kappa shape index (κ1) is 86.1. The van der Waals surface area contributed by atoms with Crippen LogP contribution >= 0.6 is 0 Å². The van der Waals surface area contributed by atoms with Crippen molar-refractivity contribution in [1.29, 1.82) is 0 Å². The zero-order chi connectivity index (χ0) is 78.2. The Labute approximate surface area is 628 Å². The van der Waals surface area contributed by atoms with Gasteiger partial charge in [-0.3, -0.25) is 12.5 Å². The third-order valence-corrected chi connectivity index (χ3v) is 21.8. The average molecular weight is 1580 g/mol. The van der Waals surface area contributed by atoms with E-state index in [1.807, 2.05) is 81.4 Å². The van der Waals surface area contributed by atoms with Crippen molar-refractivity contribution in [1.82, 2.24) is 0 Å². The average Bonchev–Trinajstić information content (AvgIpc) is 0.770. The van der Waals surface area contributed by atoms with Crippen LogP contribution in [0.25, 0.3) is 31.3 Å². The standard InChI is InChI=1S/C69H97N9O27S3/c1-12-13-23-30-88-67-53(73-76-70)38(3)57(50(98-67)34-92-106(79,80)81)102-65-42(7)60(90-32-48-26-19-15-20-27-48)62(45(10)96-65)105-69-55(75-78-72)40(5)59(52(100-69)36-94-108(85,86)87)103-66-43(8)61(91-33-49-28-21-16-22-29-49)63(46(11)97-66)104-68-54(74-77-71)39(4)58(51(99-68)35-93-107(82,83)84)101-64-41(6)56(37(2)44(9)95-64)89-31-47-24-17-14-18-25-47/h1,14-22,24-29,37-46,50-69H,13,23,30-36H2,2-11H3,(H,79,80,81)(H,82,83,84)(H,85,86,87)/p-3/t37-,38+,39+,40+,41?,42?,43?,44?,45?,46?,50?,51?,52?,53?,54?,55?,56+,57+,58+,59+,60-,61-,62-,63-,64-,65-,66-,67+,68-,69-/m0/s1. The molecular formula is C69H94N9O27S3-3. The Morgan fingerprint density at radius 2 is 0.694 bits per heavy atom. The van der Waals surface area contributed by atoms with Crippen LogP contribution in [0, 0.1) is 53.8 Å². The van der Waals surface area contributed by atoms with Crippen LogP contribution in [0.2, 0.25) is 0 Å². The van der Waals surface area contributed by atoms with Gasteiger partial charge in [-0.05, 0) is 78.2 Å². The van der Waals surface area contributed by atoms with E-state index in [-0.39, 0.29) is 32.3 Å². The van der Waals surface area contributed by atoms with Crippen molar-refractivity contribution in [2.45, 2.75) is 243 Å². The van der Waals surface area contributed by atoms with E-state index in [4.69, 9.17) is 90.0 Å². The number of nitrogens with zero attached hydrogens (tertiary/aromatic N) is 9. The van der Waals surface area contributed by atoms with Crippen molar-refractivity contribution < 1.29 is 123 Å². The summed E-state index contributed by atoms with van der Waals surface area (Å²) in [6.45, 7) is 14.8. The Bertz CT molecular complexity index is 3890. The Morgan fingerprint density at radius 3 is 1.03 bits per heavy atom. The molecule has 0 saturated carbocycles. The van der Waals surface area contributed by atoms with Crippen LogP contribution in [0.4, 0.5) is 0 Å². The Morgan fingerprint density at radius 1 is 0.389 bits per heavy atom. The van der Waals surface area contributed by atoms with Gasteiger partial charge in [0.05, 0.1) is 119 Å². The van der Waals surface area contributed by atoms with Crippen molar-refractivity contribution in [3.63, 3.8) is 0 Å². The van der Waals surface area contributed by atoms with Gasteiger partial charge in [-0.15, -0.1) is 12.3 Å². The van der Waals surface area contributed by atoms with Gasteiger partial charge in [-0.1, -0.05) is 155 Å². The predicted molar refractivity (Wildman–Crippen MR) is 372 cm³/mol. The number of unbranched alkanes of at least 4 members (excludes halogenated alkanes) is 1. The van der Waals surface area contributed by atoms with Crippen molar-refractivity contribution in [2.75, 3.05) is 26.4 Å². The normalized spacial score (nSPS) is 37.5. The van der Waals surface area contributed by atoms with Crippen molar-refractivity contribution in [3.05, 3.63) is 139 Å². The minimum Gasteiger partial charge on any atom is -0.726 e. The zero-order valence-electron chi connectivity index (χ0n) is 61.2. The first-order valence-corrected chi connectivity index (χ1v) is 39.6. The highest BCUT2D eigenvalue weighted by molar-refractivity contribution is 7.81. The maximum Gasteiger partial charge on any atom is 0.217 e. The van der Waals surface area contributed by atoms with Crippen LogP contribution in [0.5, 0.6) is 0 Å². The van der Waals surface area contributed by atoms with Crippen LogP contribution in [0.15, 0.2) is 106 Å². The van der Waals surface area contributed by atoms with E-state index in [0.29, 0.717) is 24.0 Å². The molecule has 30 atom stereocenters. The lowest BCUT2D eigenvalue weighted by atomic mass is 9.85. The molecule has 0 spiro atoms. The summed E-state index contributed by atoms with van der Waals surface area (Å²) in [4.78, 5) is 9.32. The molecule has 0 aromatic heterocycles. The molecule has 6 fully saturated rings. The van der Waals surface area contributed by atoms with Gasteiger partial charge in [0, 0.05) is 44.8 Å². The van der Waals surface area contributed by atoms with E-state index >= 15 is 0 Å². The number of hydrogen-bond donors (Lipinski definition) is 0. The number of terminal acetylenes is 1. The second-order valence-corrected chi connectivity index (χ2v) is 31.1. The highest BCUT2D eigenvalue weighted by Gasteiger charge is 2.57. The summed E-state index contributed by atoms with van der Waals surface area (Å²) in [5.74, 6) is -2.63. The van der Waals surface area contributed by atoms with Gasteiger partial charge >= 0.3 is 0 Å². The van der Waals surface area contributed by atoms with E-state index in [1.54, 1.807) is 78.8 Å². The molecule has 0 bridgehead atoms. The summed E-state index contributed by atoms with van der Waals surface area (Å²) in [7, 11) is -16.1. The molecule has 3 aromatic carbocycles. The molecule has 598 valence electrons. The summed E-state index contributed by atoms with van der Waals surface area (Å²) in [6, 6.07) is 23.9. The van der Waals surface area contributed by atoms with Gasteiger partial charge in [0.25, 0.3) is 0 Å². The third-order valence-electron chi connectivity index (χ3n) is 20.5. The molecule has 6 saturated heterocycles. The molecule has 0 N–H and O–H groups in total. The summed E-state index contributed by atoms with van der Waals surface area (Å²) in [6.07, 6.45) is -17.5. The lowest BCUT2D eigenvalue weighted by molar-refractivity contribution is -0.369. The molecule has 0 aliphatic carbocycles. The van der Waals surface area contributed by atoms with E-state index in [0.717, 1.165) is 5.56 Å². The van der Waals surface area contributed by atoms with Crippen LogP contribution in [-0.2, 0) is 135 Å². The van der Waals surface area contributed by atoms with Gasteiger partial charge in [0.2, 0.25) is 31.2 Å². The van der Waals surface area contributed by atoms with E-state index in [9.17, 15) is 55.5 Å². The molecule has 6 heterocycles. The summed E-state index contributed by atoms with van der Waals surface area (Å²) in [5.41, 5.74) is 32.6. The predicted octanol–water partition coefficient (Wildman–Crippen LogP) is 8.43. The van der Waals surface area contributed by atoms with Gasteiger partial charge in [-0.2, -0.15) is 0 Å². The molecular weight excluding hydrogens is 1480 g/mol. The SMILES string of the molecule is C#CCCCO[C@@H]1OC(COS(=O)(=O)[O-])[C@H](O[C@@H]2OC(C)[C@H](O[C@@H]3OC(COS(=O)(=O)[O-])[C@H](O[C@@H]4OC(C)[C@H](O[C@@H]5OC(COS(=O)(=O)[O-])[C@H](O[C@@H]6OC(C)[C@H](C)[C@@H](OCc7ccccc7)C6C)[C@H](C)C5N=[N+]=[N-])[C@@H](OCc5ccccc5)C4C)[C@H](C)C3N=[N+]=[N-])[C@@H](OCc3ccccc3)C2C)[C@H](C)C1N=[N+]=[N-]. The van der Waals surface area contributed by atoms with E-state index in [1.165, 1.54) is 0 Å². The fraction of sp³-hybridized carbons (Fsp3) is 0.710. The molecule has 108 heavy (non-hydrogen) atoms. The minimum atomic E-state index is -5.46. The van der Waals surface area contributed by atoms with Gasteiger partial charge in [0.15, 0.2) is 37.7 Å². The van der Waals surface area contributed by atoms with Gasteiger partial charge in [-0.25, -0.2) is 25.3 Å². The van der Waals surface area contributed by atoms with Crippen LogP contribution in [0.1, 0.15) is 98.8 Å². The Balaban J connectivity index is 0.980. The molecule has 12 unspecified atom stereocenters. The van der Waals surface area contributed by atoms with Crippen molar-refractivity contribution >= 4 is 31.2 Å². The molecule has 0 amide bonds. The highest BCUT2D eigenvalue weighted by atomic mass is 32.3. The monoisotopic (exact) mass is 1580 g/mol. The minimum absolute atomic E-state index is 0.0359. The topological polar surface area (TPSA) is 484 Å². The van der Waals surface area contributed by atoms with Crippen molar-refractivity contribution in [2.24, 2.45) is 56.8 Å². The first-order valence-electron chi connectivity index (χ1n) is 35.6. The van der Waals surface area contributed by atoms with Crippen LogP contribution in [0.3, 0.4) is 0 Å². The highest BCUT2D eigenvalue weighted by Crippen LogP contribution is 2.45. The molecule has 6 aliphatic rings. The molecule has 6 aliphatic heterocycles. The molecule has 0 radical (unpaired) electrons. The van der Waals surface area contributed by atoms with Crippen molar-refractivity contribution in [3.8, 4) is 12.3 Å². The number of azide groups is 3. The first-order chi connectivity index (χ1) is 51.4. The van der Waals surface area contributed by atoms with E-state index in [2.05, 4.69) is 36.0 Å². The Kier molecular flexibility index (Phi) is 31.6. The molecule has 9 rings (SSSR count). The quantitative estimate of drug-likeness (QED) is 0.0101. The van der Waals surface area contributed by atoms with Gasteiger partial charge < -0.3 is 84.7 Å². The zero-order valence-corrected chi connectivity index (χ0v) is 63.6. The third kappa shape index (κ3) is 23.2. The number of benzene rings is 3. The fourth-order valence-corrected chi connectivity index (χ4v) is 15.5. The number of hydrogen-bond acceptors (Lipinski definition) is 30. The van der Waals surface area contributed by atoms with Gasteiger partial charge in [0.1, 0.15) is 30.5 Å². The maximum atomic E-state index is 12.4.